The molecule has 48 valence electrons. The number of hydrogen-bond donors (Lipinski definition) is 1. The number of methoxy groups -OCH3 is 1. The summed E-state index contributed by atoms with van der Waals surface area (Å²) in [7, 11) is 3.39. The Morgan fingerprint density at radius 2 is 2.38 bits per heavy atom. The fourth-order valence-corrected chi connectivity index (χ4v) is 0.240. The third kappa shape index (κ3) is 3.61. The largest absolute Gasteiger partial charge is 0.376 e. The molecule has 0 aromatic heterocycles. The molecule has 0 aliphatic carbocycles. The molecule has 0 saturated carbocycles. The van der Waals surface area contributed by atoms with E-state index in [-0.39, 0.29) is 6.10 Å². The maximum atomic E-state index is 4.86. The maximum Gasteiger partial charge on any atom is 0.0911 e. The van der Waals surface area contributed by atoms with Crippen molar-refractivity contribution in [1.82, 2.24) is 5.43 Å². The summed E-state index contributed by atoms with van der Waals surface area (Å²) in [6, 6.07) is 0. The average molecular weight is 116 g/mol. The molecule has 0 rings (SSSR count). The minimum absolute atomic E-state index is 0.0995. The number of nitrogens with one attached hydrogen (secondary N) is 1. The van der Waals surface area contributed by atoms with E-state index < -0.39 is 0 Å². The van der Waals surface area contributed by atoms with Crippen LogP contribution < -0.4 is 5.43 Å². The van der Waals surface area contributed by atoms with E-state index in [1.54, 1.807) is 20.4 Å². The van der Waals surface area contributed by atoms with Crippen LogP contribution in [0.1, 0.15) is 6.92 Å². The second-order valence-corrected chi connectivity index (χ2v) is 1.44. The van der Waals surface area contributed by atoms with Crippen LogP contribution in [0, 0.1) is 0 Å². The van der Waals surface area contributed by atoms with Crippen LogP contribution in [-0.2, 0) is 4.74 Å². The van der Waals surface area contributed by atoms with Crippen LogP contribution in [-0.4, -0.2) is 26.5 Å². The molecule has 1 unspecified atom stereocenters. The van der Waals surface area contributed by atoms with Gasteiger partial charge in [-0.1, -0.05) is 0 Å². The Hall–Kier alpha value is -0.570. The van der Waals surface area contributed by atoms with Crippen molar-refractivity contribution in [2.24, 2.45) is 5.10 Å². The zero-order valence-corrected chi connectivity index (χ0v) is 5.51. The van der Waals surface area contributed by atoms with E-state index in [9.17, 15) is 0 Å². The highest BCUT2D eigenvalue weighted by molar-refractivity contribution is 5.61. The smallest absolute Gasteiger partial charge is 0.0911 e. The van der Waals surface area contributed by atoms with Crippen molar-refractivity contribution in [3.8, 4) is 0 Å². The van der Waals surface area contributed by atoms with Crippen molar-refractivity contribution in [3.63, 3.8) is 0 Å². The van der Waals surface area contributed by atoms with Gasteiger partial charge in [-0.2, -0.15) is 5.10 Å². The lowest BCUT2D eigenvalue weighted by Gasteiger charge is -1.98. The Labute approximate surface area is 49.7 Å². The molecule has 0 aromatic carbocycles. The van der Waals surface area contributed by atoms with Crippen LogP contribution in [0.4, 0.5) is 0 Å². The number of ether oxygens (including phenoxy) is 1. The Balaban J connectivity index is 3.21. The highest BCUT2D eigenvalue weighted by Crippen LogP contribution is 1.78. The number of nitrogens with zero attached hydrogens (tertiary/aromatic N) is 1. The molecule has 0 saturated heterocycles. The first-order valence-corrected chi connectivity index (χ1v) is 2.54. The van der Waals surface area contributed by atoms with E-state index >= 15 is 0 Å². The van der Waals surface area contributed by atoms with Crippen molar-refractivity contribution >= 4 is 6.21 Å². The number of rotatable bonds is 3. The van der Waals surface area contributed by atoms with E-state index in [0.29, 0.717) is 0 Å². The van der Waals surface area contributed by atoms with Crippen molar-refractivity contribution < 1.29 is 4.74 Å². The summed E-state index contributed by atoms with van der Waals surface area (Å²) in [5.74, 6) is 0. The van der Waals surface area contributed by atoms with E-state index in [1.165, 1.54) is 0 Å². The van der Waals surface area contributed by atoms with Crippen LogP contribution in [0.15, 0.2) is 5.10 Å². The summed E-state index contributed by atoms with van der Waals surface area (Å²) in [5.41, 5.74) is 2.62. The van der Waals surface area contributed by atoms with Gasteiger partial charge in [0.1, 0.15) is 0 Å². The topological polar surface area (TPSA) is 33.6 Å². The molecule has 8 heavy (non-hydrogen) atoms. The SMILES string of the molecule is CN/N=C\C(C)OC. The molecule has 0 fully saturated rings. The van der Waals surface area contributed by atoms with Gasteiger partial charge < -0.3 is 10.2 Å². The molecule has 3 nitrogen and oxygen atoms in total. The summed E-state index contributed by atoms with van der Waals surface area (Å²) in [6.07, 6.45) is 1.79. The Morgan fingerprint density at radius 3 is 2.75 bits per heavy atom. The lowest BCUT2D eigenvalue weighted by Crippen LogP contribution is -2.08. The molecule has 1 N–H and O–H groups in total. The fraction of sp³-hybridized carbons (Fsp3) is 0.800. The van der Waals surface area contributed by atoms with Gasteiger partial charge in [0.2, 0.25) is 0 Å². The van der Waals surface area contributed by atoms with Gasteiger partial charge in [-0.25, -0.2) is 0 Å². The first-order valence-electron chi connectivity index (χ1n) is 2.54. The molecule has 0 bridgehead atoms. The van der Waals surface area contributed by atoms with Crippen LogP contribution in [0.3, 0.4) is 0 Å². The van der Waals surface area contributed by atoms with Gasteiger partial charge in [0, 0.05) is 14.2 Å². The van der Waals surface area contributed by atoms with Gasteiger partial charge >= 0.3 is 0 Å². The van der Waals surface area contributed by atoms with Gasteiger partial charge in [0.25, 0.3) is 0 Å². The molecule has 0 aliphatic rings. The van der Waals surface area contributed by atoms with Crippen molar-refractivity contribution in [1.29, 1.82) is 0 Å². The summed E-state index contributed by atoms with van der Waals surface area (Å²) in [4.78, 5) is 0. The van der Waals surface area contributed by atoms with E-state index in [2.05, 4.69) is 10.5 Å². The lowest BCUT2D eigenvalue weighted by molar-refractivity contribution is 0.174. The molecule has 0 aromatic rings. The van der Waals surface area contributed by atoms with E-state index in [4.69, 9.17) is 4.74 Å². The quantitative estimate of drug-likeness (QED) is 0.423. The predicted octanol–water partition coefficient (Wildman–Crippen LogP) is 0.226. The Bertz CT molecular complexity index is 72.8. The minimum atomic E-state index is 0.0995. The molecule has 3 heteroatoms. The molecule has 0 amide bonds. The average Bonchev–Trinajstić information content (AvgIpc) is 1.83. The maximum absolute atomic E-state index is 4.86. The molecule has 0 spiro atoms. The highest BCUT2D eigenvalue weighted by Gasteiger charge is 1.88. The highest BCUT2D eigenvalue weighted by atomic mass is 16.5. The summed E-state index contributed by atoms with van der Waals surface area (Å²) in [5, 5.41) is 3.74. The van der Waals surface area contributed by atoms with Crippen LogP contribution in [0.2, 0.25) is 0 Å². The number of hydrogen-bond acceptors (Lipinski definition) is 3. The number of hydrazone groups is 1. The molecule has 1 atom stereocenters. The first kappa shape index (κ1) is 7.43. The standard InChI is InChI=1S/C5H12N2O/c1-5(8-3)4-7-6-2/h4-6H,1-3H3/b7-4-. The summed E-state index contributed by atoms with van der Waals surface area (Å²) in [6.45, 7) is 1.92. The molecular weight excluding hydrogens is 104 g/mol. The van der Waals surface area contributed by atoms with Gasteiger partial charge in [-0.05, 0) is 6.92 Å². The van der Waals surface area contributed by atoms with Gasteiger partial charge in [0.05, 0.1) is 12.3 Å². The summed E-state index contributed by atoms with van der Waals surface area (Å²) >= 11 is 0. The normalized spacial score (nSPS) is 14.4. The molecule has 0 radical (unpaired) electrons. The van der Waals surface area contributed by atoms with Gasteiger partial charge in [-0.3, -0.25) is 0 Å². The first-order chi connectivity index (χ1) is 3.81. The Morgan fingerprint density at radius 1 is 1.75 bits per heavy atom. The monoisotopic (exact) mass is 116 g/mol. The van der Waals surface area contributed by atoms with Crippen LogP contribution in [0.5, 0.6) is 0 Å². The van der Waals surface area contributed by atoms with E-state index in [0.717, 1.165) is 0 Å². The second kappa shape index (κ2) is 4.59. The van der Waals surface area contributed by atoms with Crippen LogP contribution in [0.25, 0.3) is 0 Å². The van der Waals surface area contributed by atoms with Crippen molar-refractivity contribution in [2.75, 3.05) is 14.2 Å². The summed E-state index contributed by atoms with van der Waals surface area (Å²) < 4.78 is 4.86. The van der Waals surface area contributed by atoms with Crippen molar-refractivity contribution in [2.45, 2.75) is 13.0 Å². The Kier molecular flexibility index (Phi) is 4.26. The zero-order valence-electron chi connectivity index (χ0n) is 5.51. The predicted molar refractivity (Wildman–Crippen MR) is 34.0 cm³/mol. The lowest BCUT2D eigenvalue weighted by atomic mass is 10.5. The van der Waals surface area contributed by atoms with Gasteiger partial charge in [-0.15, -0.1) is 0 Å². The zero-order chi connectivity index (χ0) is 6.41. The minimum Gasteiger partial charge on any atom is -0.376 e. The second-order valence-electron chi connectivity index (χ2n) is 1.44. The fourth-order valence-electron chi connectivity index (χ4n) is 0.240. The van der Waals surface area contributed by atoms with Crippen molar-refractivity contribution in [3.05, 3.63) is 0 Å². The van der Waals surface area contributed by atoms with E-state index in [1.807, 2.05) is 6.92 Å². The third-order valence-electron chi connectivity index (χ3n) is 0.785. The molecular formula is C5H12N2O. The third-order valence-corrected chi connectivity index (χ3v) is 0.785. The van der Waals surface area contributed by atoms with Crippen LogP contribution >= 0.6 is 0 Å². The molecule has 0 aliphatic heterocycles. The van der Waals surface area contributed by atoms with Gasteiger partial charge in [0.15, 0.2) is 0 Å². The molecule has 0 heterocycles.